The zero-order valence-electron chi connectivity index (χ0n) is 10.8. The second kappa shape index (κ2) is 6.15. The number of hydrogen-bond acceptors (Lipinski definition) is 6. The van der Waals surface area contributed by atoms with Crippen molar-refractivity contribution in [1.29, 1.82) is 0 Å². The summed E-state index contributed by atoms with van der Waals surface area (Å²) in [6.07, 6.45) is 0. The molecule has 100 valence electrons. The van der Waals surface area contributed by atoms with Crippen molar-refractivity contribution in [1.82, 2.24) is 4.98 Å². The van der Waals surface area contributed by atoms with Gasteiger partial charge in [0.2, 0.25) is 5.82 Å². The molecule has 18 heavy (non-hydrogen) atoms. The van der Waals surface area contributed by atoms with Crippen LogP contribution in [0.3, 0.4) is 0 Å². The van der Waals surface area contributed by atoms with E-state index in [1.54, 1.807) is 0 Å². The Balaban J connectivity index is 2.87. The van der Waals surface area contributed by atoms with Gasteiger partial charge >= 0.3 is 5.69 Å². The summed E-state index contributed by atoms with van der Waals surface area (Å²) in [4.78, 5) is 14.5. The van der Waals surface area contributed by atoms with Crippen LogP contribution in [0.25, 0.3) is 0 Å². The van der Waals surface area contributed by atoms with Gasteiger partial charge in [0.15, 0.2) is 0 Å². The zero-order valence-corrected chi connectivity index (χ0v) is 10.8. The third kappa shape index (κ3) is 3.56. The van der Waals surface area contributed by atoms with Crippen LogP contribution >= 0.6 is 0 Å². The Morgan fingerprint density at radius 1 is 1.44 bits per heavy atom. The van der Waals surface area contributed by atoms with Gasteiger partial charge in [0.05, 0.1) is 4.92 Å². The van der Waals surface area contributed by atoms with Gasteiger partial charge in [-0.1, -0.05) is 20.8 Å². The summed E-state index contributed by atoms with van der Waals surface area (Å²) in [5, 5.41) is 13.9. The van der Waals surface area contributed by atoms with Crippen molar-refractivity contribution in [3.05, 3.63) is 22.2 Å². The molecule has 1 atom stereocenters. The Morgan fingerprint density at radius 2 is 2.11 bits per heavy atom. The molecule has 0 spiro atoms. The lowest BCUT2D eigenvalue weighted by Crippen LogP contribution is -2.18. The summed E-state index contributed by atoms with van der Waals surface area (Å²) in [5.74, 6) is 6.75. The second-order valence-corrected chi connectivity index (χ2v) is 4.57. The molecule has 0 saturated carbocycles. The molecule has 1 aromatic heterocycles. The summed E-state index contributed by atoms with van der Waals surface area (Å²) in [6.45, 7) is 6.91. The van der Waals surface area contributed by atoms with Crippen molar-refractivity contribution >= 4 is 17.3 Å². The molecule has 0 aliphatic rings. The third-order valence-electron chi connectivity index (χ3n) is 2.95. The van der Waals surface area contributed by atoms with Crippen LogP contribution in [0.1, 0.15) is 20.8 Å². The molecule has 0 saturated heterocycles. The number of pyridine rings is 1. The number of anilines is 2. The average molecular weight is 253 g/mol. The van der Waals surface area contributed by atoms with Gasteiger partial charge in [0.1, 0.15) is 5.82 Å². The quantitative estimate of drug-likeness (QED) is 0.406. The van der Waals surface area contributed by atoms with E-state index in [-0.39, 0.29) is 11.5 Å². The minimum Gasteiger partial charge on any atom is -0.364 e. The van der Waals surface area contributed by atoms with Gasteiger partial charge in [0, 0.05) is 12.6 Å². The fourth-order valence-corrected chi connectivity index (χ4v) is 1.30. The van der Waals surface area contributed by atoms with E-state index in [1.807, 2.05) is 0 Å². The first-order valence-electron chi connectivity index (χ1n) is 5.81. The number of hydrazine groups is 1. The van der Waals surface area contributed by atoms with E-state index >= 15 is 0 Å². The lowest BCUT2D eigenvalue weighted by molar-refractivity contribution is -0.384. The summed E-state index contributed by atoms with van der Waals surface area (Å²) in [6, 6.07) is 2.85. The molecule has 7 nitrogen and oxygen atoms in total. The number of nitrogens with two attached hydrogens (primary N) is 1. The molecule has 0 aliphatic carbocycles. The number of nitrogens with zero attached hydrogens (tertiary/aromatic N) is 2. The minimum atomic E-state index is -0.463. The highest BCUT2D eigenvalue weighted by molar-refractivity contribution is 5.59. The van der Waals surface area contributed by atoms with E-state index in [2.05, 4.69) is 36.5 Å². The summed E-state index contributed by atoms with van der Waals surface area (Å²) in [5.41, 5.74) is 2.32. The Kier molecular flexibility index (Phi) is 4.85. The molecule has 0 bridgehead atoms. The molecular weight excluding hydrogens is 234 g/mol. The van der Waals surface area contributed by atoms with Gasteiger partial charge in [-0.2, -0.15) is 0 Å². The van der Waals surface area contributed by atoms with E-state index in [1.165, 1.54) is 12.1 Å². The lowest BCUT2D eigenvalue weighted by atomic mass is 9.98. The molecule has 4 N–H and O–H groups in total. The number of hydrogen-bond donors (Lipinski definition) is 3. The van der Waals surface area contributed by atoms with Gasteiger partial charge in [-0.05, 0) is 17.9 Å². The summed E-state index contributed by atoms with van der Waals surface area (Å²) >= 11 is 0. The Hall–Kier alpha value is -1.89. The van der Waals surface area contributed by atoms with Crippen LogP contribution in [0.4, 0.5) is 17.3 Å². The fraction of sp³-hybridized carbons (Fsp3) is 0.545. The van der Waals surface area contributed by atoms with E-state index in [0.29, 0.717) is 24.2 Å². The molecule has 1 aromatic rings. The van der Waals surface area contributed by atoms with Gasteiger partial charge in [-0.3, -0.25) is 10.1 Å². The van der Waals surface area contributed by atoms with Gasteiger partial charge < -0.3 is 10.7 Å². The van der Waals surface area contributed by atoms with Crippen LogP contribution in [0.5, 0.6) is 0 Å². The van der Waals surface area contributed by atoms with Gasteiger partial charge in [-0.15, -0.1) is 0 Å². The fourth-order valence-electron chi connectivity index (χ4n) is 1.30. The number of aromatic nitrogens is 1. The Labute approximate surface area is 106 Å². The molecule has 0 radical (unpaired) electrons. The highest BCUT2D eigenvalue weighted by Crippen LogP contribution is 2.24. The van der Waals surface area contributed by atoms with Crippen LogP contribution in [0.15, 0.2) is 12.1 Å². The topological polar surface area (TPSA) is 106 Å². The predicted octanol–water partition coefficient (Wildman–Crippen LogP) is 1.98. The van der Waals surface area contributed by atoms with E-state index < -0.39 is 4.92 Å². The number of nitrogens with one attached hydrogen (secondary N) is 2. The van der Waals surface area contributed by atoms with Crippen molar-refractivity contribution in [2.24, 2.45) is 17.7 Å². The second-order valence-electron chi connectivity index (χ2n) is 4.57. The predicted molar refractivity (Wildman–Crippen MR) is 71.2 cm³/mol. The van der Waals surface area contributed by atoms with Crippen molar-refractivity contribution in [3.8, 4) is 0 Å². The summed E-state index contributed by atoms with van der Waals surface area (Å²) < 4.78 is 0. The molecule has 0 aromatic carbocycles. The monoisotopic (exact) mass is 253 g/mol. The molecule has 0 amide bonds. The number of rotatable bonds is 6. The Bertz CT molecular complexity index is 422. The maximum absolute atomic E-state index is 10.9. The van der Waals surface area contributed by atoms with Crippen LogP contribution in [-0.4, -0.2) is 16.5 Å². The first kappa shape index (κ1) is 14.2. The first-order valence-corrected chi connectivity index (χ1v) is 5.81. The van der Waals surface area contributed by atoms with Crippen LogP contribution < -0.4 is 16.6 Å². The van der Waals surface area contributed by atoms with E-state index in [9.17, 15) is 10.1 Å². The van der Waals surface area contributed by atoms with Crippen LogP contribution in [0, 0.1) is 22.0 Å². The van der Waals surface area contributed by atoms with E-state index in [4.69, 9.17) is 5.84 Å². The SMILES string of the molecule is CC(C)C(C)CNc1nc(NN)ccc1[N+](=O)[O-]. The number of nitrogen functional groups attached to an aromatic ring is 1. The molecule has 1 rings (SSSR count). The first-order chi connectivity index (χ1) is 8.45. The standard InChI is InChI=1S/C11H19N5O2/c1-7(2)8(3)6-13-11-9(16(17)18)4-5-10(14-11)15-12/h4-5,7-8H,6,12H2,1-3H3,(H2,13,14,15). The van der Waals surface area contributed by atoms with E-state index in [0.717, 1.165) is 0 Å². The molecule has 1 unspecified atom stereocenters. The molecule has 0 fully saturated rings. The third-order valence-corrected chi connectivity index (χ3v) is 2.95. The largest absolute Gasteiger partial charge is 0.364 e. The Morgan fingerprint density at radius 3 is 2.61 bits per heavy atom. The van der Waals surface area contributed by atoms with Gasteiger partial charge in [-0.25, -0.2) is 10.8 Å². The van der Waals surface area contributed by atoms with Gasteiger partial charge in [0.25, 0.3) is 0 Å². The molecule has 7 heteroatoms. The lowest BCUT2D eigenvalue weighted by Gasteiger charge is -2.16. The average Bonchev–Trinajstić information content (AvgIpc) is 2.34. The highest BCUT2D eigenvalue weighted by Gasteiger charge is 2.17. The maximum Gasteiger partial charge on any atom is 0.311 e. The normalized spacial score (nSPS) is 12.3. The minimum absolute atomic E-state index is 0.0510. The highest BCUT2D eigenvalue weighted by atomic mass is 16.6. The summed E-state index contributed by atoms with van der Waals surface area (Å²) in [7, 11) is 0. The number of nitro groups is 1. The van der Waals surface area contributed by atoms with Crippen molar-refractivity contribution in [2.75, 3.05) is 17.3 Å². The molecule has 1 heterocycles. The molecular formula is C11H19N5O2. The van der Waals surface area contributed by atoms with Crippen molar-refractivity contribution in [3.63, 3.8) is 0 Å². The van der Waals surface area contributed by atoms with Crippen molar-refractivity contribution in [2.45, 2.75) is 20.8 Å². The van der Waals surface area contributed by atoms with Crippen LogP contribution in [-0.2, 0) is 0 Å². The van der Waals surface area contributed by atoms with Crippen LogP contribution in [0.2, 0.25) is 0 Å². The smallest absolute Gasteiger partial charge is 0.311 e. The zero-order chi connectivity index (χ0) is 13.7. The molecule has 0 aliphatic heterocycles. The van der Waals surface area contributed by atoms with Crippen molar-refractivity contribution < 1.29 is 4.92 Å². The maximum atomic E-state index is 10.9.